The molecule has 2 aliphatic heterocycles. The average Bonchev–Trinajstić information content (AvgIpc) is 2.61. The van der Waals surface area contributed by atoms with Crippen molar-refractivity contribution in [2.45, 2.75) is 43.6 Å². The molecule has 1 spiro atoms. The molecule has 0 aliphatic carbocycles. The van der Waals surface area contributed by atoms with Crippen molar-refractivity contribution in [3.05, 3.63) is 35.4 Å². The van der Waals surface area contributed by atoms with E-state index < -0.39 is 17.8 Å². The van der Waals surface area contributed by atoms with E-state index in [4.69, 9.17) is 9.47 Å². The number of carbonyl (C=O) groups excluding carboxylic acids is 1. The molecular formula is C18H25NO5. The summed E-state index contributed by atoms with van der Waals surface area (Å²) in [5.74, 6) is -0.330. The Morgan fingerprint density at radius 1 is 1.29 bits per heavy atom. The minimum absolute atomic E-state index is 0.330. The van der Waals surface area contributed by atoms with Gasteiger partial charge in [-0.25, -0.2) is 4.79 Å². The lowest BCUT2D eigenvalue weighted by atomic mass is 9.80. The van der Waals surface area contributed by atoms with Gasteiger partial charge in [0.15, 0.2) is 0 Å². The quantitative estimate of drug-likeness (QED) is 0.801. The van der Waals surface area contributed by atoms with Crippen LogP contribution in [0.2, 0.25) is 0 Å². The first kappa shape index (κ1) is 17.4. The third-order valence-corrected chi connectivity index (χ3v) is 5.19. The first-order valence-corrected chi connectivity index (χ1v) is 8.44. The number of piperidine rings is 1. The Kier molecular flexibility index (Phi) is 5.20. The molecule has 132 valence electrons. The highest BCUT2D eigenvalue weighted by atomic mass is 16.5. The lowest BCUT2D eigenvalue weighted by Crippen LogP contribution is -2.59. The summed E-state index contributed by atoms with van der Waals surface area (Å²) in [4.78, 5) is 13.8. The molecule has 0 saturated carbocycles. The van der Waals surface area contributed by atoms with Gasteiger partial charge in [0.1, 0.15) is 6.10 Å². The van der Waals surface area contributed by atoms with E-state index in [2.05, 4.69) is 4.90 Å². The molecule has 3 rings (SSSR count). The van der Waals surface area contributed by atoms with Crippen molar-refractivity contribution in [2.24, 2.45) is 0 Å². The van der Waals surface area contributed by atoms with Gasteiger partial charge in [-0.1, -0.05) is 12.1 Å². The van der Waals surface area contributed by atoms with Gasteiger partial charge in [-0.3, -0.25) is 4.90 Å². The van der Waals surface area contributed by atoms with Gasteiger partial charge in [-0.2, -0.15) is 0 Å². The van der Waals surface area contributed by atoms with Crippen molar-refractivity contribution in [3.8, 4) is 0 Å². The molecule has 1 aromatic carbocycles. The van der Waals surface area contributed by atoms with E-state index in [1.807, 2.05) is 12.1 Å². The maximum absolute atomic E-state index is 11.5. The van der Waals surface area contributed by atoms with Crippen LogP contribution in [0.15, 0.2) is 24.3 Å². The number of hydrogen-bond acceptors (Lipinski definition) is 6. The molecule has 0 bridgehead atoms. The van der Waals surface area contributed by atoms with Crippen molar-refractivity contribution < 1.29 is 24.5 Å². The second-order valence-electron chi connectivity index (χ2n) is 6.68. The lowest BCUT2D eigenvalue weighted by Gasteiger charge is -2.48. The van der Waals surface area contributed by atoms with Crippen molar-refractivity contribution >= 4 is 5.97 Å². The summed E-state index contributed by atoms with van der Waals surface area (Å²) in [5.41, 5.74) is 1.08. The van der Waals surface area contributed by atoms with Crippen LogP contribution in [-0.2, 0) is 16.0 Å². The van der Waals surface area contributed by atoms with Crippen LogP contribution in [0.5, 0.6) is 0 Å². The minimum atomic E-state index is -0.798. The monoisotopic (exact) mass is 335 g/mol. The van der Waals surface area contributed by atoms with Crippen molar-refractivity contribution in [1.82, 2.24) is 4.90 Å². The van der Waals surface area contributed by atoms with E-state index in [1.54, 1.807) is 12.1 Å². The van der Waals surface area contributed by atoms with E-state index in [1.165, 1.54) is 7.11 Å². The molecule has 2 atom stereocenters. The number of aliphatic hydroxyl groups excluding tert-OH is 2. The summed E-state index contributed by atoms with van der Waals surface area (Å²) in [7, 11) is 1.37. The Labute approximate surface area is 142 Å². The maximum Gasteiger partial charge on any atom is 0.337 e. The number of ether oxygens (including phenoxy) is 2. The fourth-order valence-electron chi connectivity index (χ4n) is 3.63. The SMILES string of the molecule is COC(=O)c1ccc(CN2CCC3(CC2)OCC[C@H](O)[C@@H]3O)cc1. The van der Waals surface area contributed by atoms with Crippen LogP contribution in [-0.4, -0.2) is 65.7 Å². The van der Waals surface area contributed by atoms with Crippen LogP contribution in [0, 0.1) is 0 Å². The maximum atomic E-state index is 11.5. The molecule has 2 saturated heterocycles. The van der Waals surface area contributed by atoms with Crippen LogP contribution in [0.3, 0.4) is 0 Å². The fourth-order valence-corrected chi connectivity index (χ4v) is 3.63. The third kappa shape index (κ3) is 3.47. The Balaban J connectivity index is 1.56. The summed E-state index contributed by atoms with van der Waals surface area (Å²) < 4.78 is 10.6. The number of methoxy groups -OCH3 is 1. The third-order valence-electron chi connectivity index (χ3n) is 5.19. The number of carbonyl (C=O) groups is 1. The van der Waals surface area contributed by atoms with Crippen molar-refractivity contribution in [1.29, 1.82) is 0 Å². The first-order valence-electron chi connectivity index (χ1n) is 8.44. The molecule has 24 heavy (non-hydrogen) atoms. The predicted octanol–water partition coefficient (Wildman–Crippen LogP) is 0.950. The lowest BCUT2D eigenvalue weighted by molar-refractivity contribution is -0.214. The Hall–Kier alpha value is -1.47. The molecule has 0 unspecified atom stereocenters. The zero-order chi connectivity index (χ0) is 17.2. The molecule has 2 aliphatic rings. The van der Waals surface area contributed by atoms with E-state index in [-0.39, 0.29) is 5.97 Å². The number of esters is 1. The molecule has 6 nitrogen and oxygen atoms in total. The zero-order valence-electron chi connectivity index (χ0n) is 14.0. The summed E-state index contributed by atoms with van der Waals surface area (Å²) in [6, 6.07) is 7.42. The molecule has 0 radical (unpaired) electrons. The number of nitrogens with zero attached hydrogens (tertiary/aromatic N) is 1. The summed E-state index contributed by atoms with van der Waals surface area (Å²) in [6.07, 6.45) is 0.444. The van der Waals surface area contributed by atoms with Crippen LogP contribution in [0.4, 0.5) is 0 Å². The first-order chi connectivity index (χ1) is 11.5. The van der Waals surface area contributed by atoms with Gasteiger partial charge in [0.25, 0.3) is 0 Å². The van der Waals surface area contributed by atoms with Gasteiger partial charge < -0.3 is 19.7 Å². The Morgan fingerprint density at radius 2 is 1.96 bits per heavy atom. The second-order valence-corrected chi connectivity index (χ2v) is 6.68. The standard InChI is InChI=1S/C18H25NO5/c1-23-17(22)14-4-2-13(3-5-14)12-19-9-7-18(8-10-19)16(21)15(20)6-11-24-18/h2-5,15-16,20-21H,6-12H2,1H3/t15-,16-/m0/s1. The number of rotatable bonds is 3. The molecule has 1 aromatic rings. The normalized spacial score (nSPS) is 27.1. The largest absolute Gasteiger partial charge is 0.465 e. The van der Waals surface area contributed by atoms with Crippen LogP contribution in [0.1, 0.15) is 35.2 Å². The number of aliphatic hydroxyl groups is 2. The molecule has 2 heterocycles. The number of benzene rings is 1. The van der Waals surface area contributed by atoms with E-state index in [0.717, 1.165) is 25.2 Å². The molecular weight excluding hydrogens is 310 g/mol. The molecule has 2 N–H and O–H groups in total. The van der Waals surface area contributed by atoms with Gasteiger partial charge in [0, 0.05) is 19.6 Å². The van der Waals surface area contributed by atoms with Crippen LogP contribution < -0.4 is 0 Å². The predicted molar refractivity (Wildman–Crippen MR) is 87.6 cm³/mol. The smallest absolute Gasteiger partial charge is 0.337 e. The van der Waals surface area contributed by atoms with Gasteiger partial charge in [-0.05, 0) is 37.0 Å². The van der Waals surface area contributed by atoms with Gasteiger partial charge in [0.2, 0.25) is 0 Å². The fraction of sp³-hybridized carbons (Fsp3) is 0.611. The van der Waals surface area contributed by atoms with Crippen LogP contribution in [0.25, 0.3) is 0 Å². The molecule has 0 aromatic heterocycles. The zero-order valence-corrected chi connectivity index (χ0v) is 14.0. The highest BCUT2D eigenvalue weighted by Gasteiger charge is 2.47. The van der Waals surface area contributed by atoms with Crippen LogP contribution >= 0.6 is 0 Å². The second kappa shape index (κ2) is 7.19. The summed E-state index contributed by atoms with van der Waals surface area (Å²) in [5, 5.41) is 20.2. The van der Waals surface area contributed by atoms with Crippen molar-refractivity contribution in [2.75, 3.05) is 26.8 Å². The van der Waals surface area contributed by atoms with E-state index >= 15 is 0 Å². The van der Waals surface area contributed by atoms with Crippen molar-refractivity contribution in [3.63, 3.8) is 0 Å². The average molecular weight is 335 g/mol. The minimum Gasteiger partial charge on any atom is -0.465 e. The number of likely N-dealkylation sites (tertiary alicyclic amines) is 1. The van der Waals surface area contributed by atoms with E-state index in [9.17, 15) is 15.0 Å². The van der Waals surface area contributed by atoms with E-state index in [0.29, 0.717) is 31.4 Å². The van der Waals surface area contributed by atoms with Gasteiger partial charge in [-0.15, -0.1) is 0 Å². The highest BCUT2D eigenvalue weighted by Crippen LogP contribution is 2.35. The summed E-state index contributed by atoms with van der Waals surface area (Å²) in [6.45, 7) is 2.91. The molecule has 0 amide bonds. The van der Waals surface area contributed by atoms with Gasteiger partial charge in [0.05, 0.1) is 31.0 Å². The molecule has 2 fully saturated rings. The summed E-state index contributed by atoms with van der Waals surface area (Å²) >= 11 is 0. The topological polar surface area (TPSA) is 79.2 Å². The molecule has 6 heteroatoms. The Bertz CT molecular complexity index is 565. The number of hydrogen-bond donors (Lipinski definition) is 2. The Morgan fingerprint density at radius 3 is 2.58 bits per heavy atom. The highest BCUT2D eigenvalue weighted by molar-refractivity contribution is 5.89. The van der Waals surface area contributed by atoms with Gasteiger partial charge >= 0.3 is 5.97 Å².